The molecule has 0 fully saturated rings. The lowest BCUT2D eigenvalue weighted by Crippen LogP contribution is -2.38. The molecule has 4 aromatic rings. The lowest BCUT2D eigenvalue weighted by Gasteiger charge is -2.24. The van der Waals surface area contributed by atoms with Crippen molar-refractivity contribution in [3.63, 3.8) is 0 Å². The van der Waals surface area contributed by atoms with E-state index in [1.54, 1.807) is 41.3 Å². The number of hydrogen-bond acceptors (Lipinski definition) is 6. The maximum atomic E-state index is 13.7. The van der Waals surface area contributed by atoms with Gasteiger partial charge in [-0.05, 0) is 50.3 Å². The molecule has 1 heterocycles. The molecule has 1 amide bonds. The molecular weight excluding hydrogens is 506 g/mol. The number of ketones is 1. The van der Waals surface area contributed by atoms with Gasteiger partial charge in [-0.2, -0.15) is 0 Å². The number of ether oxygens (including phenoxy) is 1. The highest BCUT2D eigenvalue weighted by molar-refractivity contribution is 7.22. The summed E-state index contributed by atoms with van der Waals surface area (Å²) in [5.74, 6) is 0.592. The Morgan fingerprint density at radius 2 is 1.49 bits per heavy atom. The molecule has 0 saturated heterocycles. The summed E-state index contributed by atoms with van der Waals surface area (Å²) < 4.78 is 6.61. The summed E-state index contributed by atoms with van der Waals surface area (Å²) in [5.41, 5.74) is 2.53. The normalized spacial score (nSPS) is 10.8. The molecule has 0 saturated carbocycles. The summed E-state index contributed by atoms with van der Waals surface area (Å²) in [6, 6.07) is 21.8. The number of carbonyl (C=O) groups excluding carboxylic acids is 2. The van der Waals surface area contributed by atoms with Crippen molar-refractivity contribution in [1.29, 1.82) is 0 Å². The summed E-state index contributed by atoms with van der Waals surface area (Å²) in [7, 11) is 0. The van der Waals surface area contributed by atoms with Crippen LogP contribution < -0.4 is 9.64 Å². The average Bonchev–Trinajstić information content (AvgIpc) is 3.34. The first kappa shape index (κ1) is 28.3. The third-order valence-electron chi connectivity index (χ3n) is 6.10. The van der Waals surface area contributed by atoms with E-state index in [1.165, 1.54) is 11.3 Å². The third kappa shape index (κ3) is 6.74. The van der Waals surface area contributed by atoms with Crippen LogP contribution in [-0.4, -0.2) is 54.4 Å². The first-order valence-corrected chi connectivity index (χ1v) is 13.1. The topological polar surface area (TPSA) is 62.7 Å². The van der Waals surface area contributed by atoms with Gasteiger partial charge in [0.15, 0.2) is 10.9 Å². The zero-order chi connectivity index (χ0) is 25.5. The number of carbonyl (C=O) groups is 2. The molecule has 4 rings (SSSR count). The molecule has 1 aromatic heterocycles. The maximum Gasteiger partial charge on any atom is 0.260 e. The Morgan fingerprint density at radius 1 is 0.838 bits per heavy atom. The molecule has 0 N–H and O–H groups in total. The van der Waals surface area contributed by atoms with Crippen LogP contribution in [0.5, 0.6) is 5.75 Å². The van der Waals surface area contributed by atoms with Crippen LogP contribution in [0.15, 0.2) is 72.8 Å². The fraction of sp³-hybridized carbons (Fsp3) is 0.276. The number of nitrogens with zero attached hydrogens (tertiary/aromatic N) is 3. The largest absolute Gasteiger partial charge is 0.494 e. The fourth-order valence-electron chi connectivity index (χ4n) is 4.01. The van der Waals surface area contributed by atoms with E-state index in [1.807, 2.05) is 43.3 Å². The lowest BCUT2D eigenvalue weighted by atomic mass is 10.0. The van der Waals surface area contributed by atoms with Gasteiger partial charge in [0.2, 0.25) is 0 Å². The van der Waals surface area contributed by atoms with Crippen molar-refractivity contribution in [3.8, 4) is 5.75 Å². The summed E-state index contributed by atoms with van der Waals surface area (Å²) in [4.78, 5) is 35.3. The van der Waals surface area contributed by atoms with Gasteiger partial charge >= 0.3 is 0 Å². The fourth-order valence-corrected chi connectivity index (χ4v) is 5.02. The van der Waals surface area contributed by atoms with Gasteiger partial charge in [-0.25, -0.2) is 4.98 Å². The molecular formula is C29H32ClN3O3S. The molecule has 3 aromatic carbocycles. The number of benzene rings is 3. The molecule has 8 heteroatoms. The minimum Gasteiger partial charge on any atom is -0.494 e. The molecule has 0 aliphatic rings. The van der Waals surface area contributed by atoms with Crippen LogP contribution in [0.2, 0.25) is 0 Å². The van der Waals surface area contributed by atoms with E-state index in [0.29, 0.717) is 35.0 Å². The van der Waals surface area contributed by atoms with Crippen molar-refractivity contribution in [1.82, 2.24) is 9.88 Å². The quantitative estimate of drug-likeness (QED) is 0.209. The lowest BCUT2D eigenvalue weighted by molar-refractivity contribution is 0.0981. The standard InChI is InChI=1S/C29H31N3O3S.ClH/c1-4-31(5-2)18-19-32(29-30-25-17-16-24(35-6-3)20-26(25)36-29)28(34)23-14-12-22(13-15-23)27(33)21-10-8-7-9-11-21;/h7-17,20H,4-6,18-19H2,1-3H3;1H. The average molecular weight is 538 g/mol. The molecule has 0 radical (unpaired) electrons. The summed E-state index contributed by atoms with van der Waals surface area (Å²) in [5, 5.41) is 0.653. The van der Waals surface area contributed by atoms with E-state index in [4.69, 9.17) is 9.72 Å². The number of hydrogen-bond donors (Lipinski definition) is 0. The Hall–Kier alpha value is -3.26. The first-order valence-electron chi connectivity index (χ1n) is 12.3. The minimum absolute atomic E-state index is 0. The zero-order valence-corrected chi connectivity index (χ0v) is 23.0. The van der Waals surface area contributed by atoms with Crippen LogP contribution in [0, 0.1) is 0 Å². The van der Waals surface area contributed by atoms with Crippen LogP contribution in [0.1, 0.15) is 47.1 Å². The summed E-state index contributed by atoms with van der Waals surface area (Å²) in [6.45, 7) is 9.85. The van der Waals surface area contributed by atoms with Crippen molar-refractivity contribution in [2.75, 3.05) is 37.7 Å². The second-order valence-corrected chi connectivity index (χ2v) is 9.32. The van der Waals surface area contributed by atoms with Crippen LogP contribution in [0.25, 0.3) is 10.2 Å². The first-order chi connectivity index (χ1) is 17.5. The highest BCUT2D eigenvalue weighted by atomic mass is 35.5. The number of halogens is 1. The van der Waals surface area contributed by atoms with E-state index in [2.05, 4.69) is 18.7 Å². The Bertz CT molecular complexity index is 1320. The number of amides is 1. The predicted octanol–water partition coefficient (Wildman–Crippen LogP) is 6.34. The molecule has 0 atom stereocenters. The number of fused-ring (bicyclic) bond motifs is 1. The van der Waals surface area contributed by atoms with Gasteiger partial charge in [-0.3, -0.25) is 14.5 Å². The number of aromatic nitrogens is 1. The number of rotatable bonds is 11. The van der Waals surface area contributed by atoms with Gasteiger partial charge in [0, 0.05) is 29.8 Å². The van der Waals surface area contributed by atoms with Gasteiger partial charge in [0.05, 0.1) is 16.8 Å². The summed E-state index contributed by atoms with van der Waals surface area (Å²) in [6.07, 6.45) is 0. The van der Waals surface area contributed by atoms with Crippen molar-refractivity contribution in [2.45, 2.75) is 20.8 Å². The SMILES string of the molecule is CCOc1ccc2nc(N(CCN(CC)CC)C(=O)c3ccc(C(=O)c4ccccc4)cc3)sc2c1.Cl. The van der Waals surface area contributed by atoms with Gasteiger partial charge in [0.1, 0.15) is 5.75 Å². The van der Waals surface area contributed by atoms with Crippen LogP contribution in [-0.2, 0) is 0 Å². The highest BCUT2D eigenvalue weighted by Crippen LogP contribution is 2.32. The van der Waals surface area contributed by atoms with E-state index >= 15 is 0 Å². The molecule has 0 aliphatic carbocycles. The summed E-state index contributed by atoms with van der Waals surface area (Å²) >= 11 is 1.48. The second kappa shape index (κ2) is 13.3. The van der Waals surface area contributed by atoms with Gasteiger partial charge in [-0.15, -0.1) is 12.4 Å². The van der Waals surface area contributed by atoms with Crippen molar-refractivity contribution in [3.05, 3.63) is 89.5 Å². The minimum atomic E-state index is -0.134. The third-order valence-corrected chi connectivity index (χ3v) is 7.14. The predicted molar refractivity (Wildman–Crippen MR) is 154 cm³/mol. The van der Waals surface area contributed by atoms with Crippen LogP contribution >= 0.6 is 23.7 Å². The van der Waals surface area contributed by atoms with Gasteiger partial charge in [-0.1, -0.05) is 67.6 Å². The maximum absolute atomic E-state index is 13.7. The molecule has 0 spiro atoms. The molecule has 0 aliphatic heterocycles. The monoisotopic (exact) mass is 537 g/mol. The molecule has 0 unspecified atom stereocenters. The van der Waals surface area contributed by atoms with E-state index in [9.17, 15) is 9.59 Å². The van der Waals surface area contributed by atoms with E-state index < -0.39 is 0 Å². The van der Waals surface area contributed by atoms with E-state index in [0.717, 1.165) is 35.6 Å². The second-order valence-electron chi connectivity index (χ2n) is 8.32. The molecule has 37 heavy (non-hydrogen) atoms. The van der Waals surface area contributed by atoms with Crippen molar-refractivity contribution in [2.24, 2.45) is 0 Å². The van der Waals surface area contributed by atoms with Crippen LogP contribution in [0.3, 0.4) is 0 Å². The van der Waals surface area contributed by atoms with Crippen molar-refractivity contribution < 1.29 is 14.3 Å². The molecule has 194 valence electrons. The highest BCUT2D eigenvalue weighted by Gasteiger charge is 2.22. The number of thiazole rings is 1. The van der Waals surface area contributed by atoms with Crippen molar-refractivity contribution >= 4 is 50.8 Å². The Kier molecular flexibility index (Phi) is 10.2. The Morgan fingerprint density at radius 3 is 2.14 bits per heavy atom. The smallest absolute Gasteiger partial charge is 0.260 e. The zero-order valence-electron chi connectivity index (χ0n) is 21.3. The Labute approximate surface area is 228 Å². The Balaban J connectivity index is 0.00000380. The molecule has 0 bridgehead atoms. The number of likely N-dealkylation sites (N-methyl/N-ethyl adjacent to an activating group) is 1. The van der Waals surface area contributed by atoms with Gasteiger partial charge < -0.3 is 9.64 Å². The molecule has 6 nitrogen and oxygen atoms in total. The van der Waals surface area contributed by atoms with E-state index in [-0.39, 0.29) is 24.1 Å². The van der Waals surface area contributed by atoms with Crippen LogP contribution in [0.4, 0.5) is 5.13 Å². The van der Waals surface area contributed by atoms with Gasteiger partial charge in [0.25, 0.3) is 5.91 Å². The number of anilines is 1.